The first-order valence-electron chi connectivity index (χ1n) is 7.62. The topological polar surface area (TPSA) is 24.9 Å². The summed E-state index contributed by atoms with van der Waals surface area (Å²) in [7, 11) is 0. The van der Waals surface area contributed by atoms with Crippen LogP contribution in [0.15, 0.2) is 6.20 Å². The van der Waals surface area contributed by atoms with E-state index < -0.39 is 0 Å². The Balaban J connectivity index is 1.93. The predicted molar refractivity (Wildman–Crippen MR) is 83.6 cm³/mol. The van der Waals surface area contributed by atoms with Gasteiger partial charge in [0.15, 0.2) is 0 Å². The number of aryl methyl sites for hydroxylation is 1. The Hall–Kier alpha value is -0.410. The molecule has 1 aromatic rings. The van der Waals surface area contributed by atoms with Crippen LogP contribution in [0.1, 0.15) is 69.8 Å². The van der Waals surface area contributed by atoms with Crippen molar-refractivity contribution in [3.05, 3.63) is 16.1 Å². The van der Waals surface area contributed by atoms with Gasteiger partial charge in [-0.3, -0.25) is 0 Å². The molecule has 3 atom stereocenters. The van der Waals surface area contributed by atoms with E-state index in [1.165, 1.54) is 29.1 Å². The van der Waals surface area contributed by atoms with Gasteiger partial charge < -0.3 is 5.32 Å². The summed E-state index contributed by atoms with van der Waals surface area (Å²) in [5, 5.41) is 5.05. The van der Waals surface area contributed by atoms with Gasteiger partial charge in [0.1, 0.15) is 5.01 Å². The van der Waals surface area contributed by atoms with Crippen molar-refractivity contribution in [2.24, 2.45) is 11.3 Å². The van der Waals surface area contributed by atoms with Crippen molar-refractivity contribution in [1.29, 1.82) is 0 Å². The van der Waals surface area contributed by atoms with Gasteiger partial charge in [0.2, 0.25) is 0 Å². The lowest BCUT2D eigenvalue weighted by Gasteiger charge is -2.40. The van der Waals surface area contributed by atoms with E-state index in [1.807, 2.05) is 17.5 Å². The Kier molecular flexibility index (Phi) is 4.67. The quantitative estimate of drug-likeness (QED) is 0.874. The molecule has 1 saturated carbocycles. The normalized spacial score (nSPS) is 28.3. The fourth-order valence-electron chi connectivity index (χ4n) is 3.27. The summed E-state index contributed by atoms with van der Waals surface area (Å²) < 4.78 is 0. The Bertz CT molecular complexity index is 411. The van der Waals surface area contributed by atoms with Crippen molar-refractivity contribution in [1.82, 2.24) is 10.3 Å². The molecule has 1 N–H and O–H groups in total. The highest BCUT2D eigenvalue weighted by atomic mass is 32.1. The van der Waals surface area contributed by atoms with Crippen LogP contribution in [0.5, 0.6) is 0 Å². The number of nitrogens with zero attached hydrogens (tertiary/aromatic N) is 1. The van der Waals surface area contributed by atoms with E-state index in [0.29, 0.717) is 17.5 Å². The van der Waals surface area contributed by atoms with Gasteiger partial charge in [0.25, 0.3) is 0 Å². The summed E-state index contributed by atoms with van der Waals surface area (Å²) in [6.45, 7) is 11.6. The summed E-state index contributed by atoms with van der Waals surface area (Å²) in [5.41, 5.74) is 0.525. The molecule has 19 heavy (non-hydrogen) atoms. The van der Waals surface area contributed by atoms with E-state index in [9.17, 15) is 0 Å². The third-order valence-electron chi connectivity index (χ3n) is 4.45. The smallest absolute Gasteiger partial charge is 0.109 e. The van der Waals surface area contributed by atoms with Crippen molar-refractivity contribution in [2.45, 2.75) is 72.4 Å². The summed E-state index contributed by atoms with van der Waals surface area (Å²) >= 11 is 1.86. The zero-order valence-corrected chi connectivity index (χ0v) is 13.8. The molecule has 3 unspecified atom stereocenters. The maximum atomic E-state index is 4.56. The highest BCUT2D eigenvalue weighted by Gasteiger charge is 2.33. The van der Waals surface area contributed by atoms with Crippen LogP contribution >= 0.6 is 11.3 Å². The van der Waals surface area contributed by atoms with Gasteiger partial charge in [-0.25, -0.2) is 4.98 Å². The minimum Gasteiger partial charge on any atom is -0.305 e. The summed E-state index contributed by atoms with van der Waals surface area (Å²) in [6, 6.07) is 1.04. The summed E-state index contributed by atoms with van der Waals surface area (Å²) in [5.74, 6) is 0.761. The molecule has 1 aromatic heterocycles. The highest BCUT2D eigenvalue weighted by molar-refractivity contribution is 7.11. The van der Waals surface area contributed by atoms with Crippen molar-refractivity contribution < 1.29 is 0 Å². The predicted octanol–water partition coefficient (Wildman–Crippen LogP) is 4.57. The molecule has 0 aliphatic heterocycles. The lowest BCUT2D eigenvalue weighted by molar-refractivity contribution is 0.143. The van der Waals surface area contributed by atoms with Crippen LogP contribution in [-0.2, 0) is 6.42 Å². The Morgan fingerprint density at radius 3 is 2.84 bits per heavy atom. The second-order valence-corrected chi connectivity index (χ2v) is 8.04. The first-order chi connectivity index (χ1) is 8.91. The number of nitrogens with one attached hydrogen (secondary N) is 1. The van der Waals surface area contributed by atoms with E-state index in [-0.39, 0.29) is 0 Å². The van der Waals surface area contributed by atoms with Crippen LogP contribution in [0.4, 0.5) is 0 Å². The molecule has 0 amide bonds. The van der Waals surface area contributed by atoms with Gasteiger partial charge in [-0.2, -0.15) is 0 Å². The molecule has 2 rings (SSSR count). The number of hydrogen-bond donors (Lipinski definition) is 1. The van der Waals surface area contributed by atoms with E-state index in [1.54, 1.807) is 0 Å². The van der Waals surface area contributed by atoms with Crippen LogP contribution in [0.2, 0.25) is 0 Å². The third-order valence-corrected chi connectivity index (χ3v) is 5.77. The summed E-state index contributed by atoms with van der Waals surface area (Å²) in [6.07, 6.45) is 7.09. The largest absolute Gasteiger partial charge is 0.305 e. The molecule has 1 fully saturated rings. The SMILES string of the molecule is CCc1cnc(C(C)NC2CCC(C)(C)CC2C)s1. The Morgan fingerprint density at radius 2 is 2.26 bits per heavy atom. The van der Waals surface area contributed by atoms with E-state index >= 15 is 0 Å². The van der Waals surface area contributed by atoms with Crippen molar-refractivity contribution >= 4 is 11.3 Å². The van der Waals surface area contributed by atoms with Crippen LogP contribution in [-0.4, -0.2) is 11.0 Å². The molecule has 1 heterocycles. The minimum absolute atomic E-state index is 0.388. The van der Waals surface area contributed by atoms with Gasteiger partial charge in [-0.05, 0) is 43.9 Å². The minimum atomic E-state index is 0.388. The molecule has 2 nitrogen and oxygen atoms in total. The molecule has 1 aliphatic carbocycles. The van der Waals surface area contributed by atoms with Gasteiger partial charge in [-0.15, -0.1) is 11.3 Å². The zero-order chi connectivity index (χ0) is 14.0. The molecule has 0 radical (unpaired) electrons. The molecule has 3 heteroatoms. The number of aromatic nitrogens is 1. The first kappa shape index (κ1) is 15.0. The Morgan fingerprint density at radius 1 is 1.53 bits per heavy atom. The maximum Gasteiger partial charge on any atom is 0.109 e. The van der Waals surface area contributed by atoms with Crippen molar-refractivity contribution in [3.8, 4) is 0 Å². The maximum absolute atomic E-state index is 4.56. The van der Waals surface area contributed by atoms with Crippen LogP contribution in [0.25, 0.3) is 0 Å². The van der Waals surface area contributed by atoms with Crippen LogP contribution in [0.3, 0.4) is 0 Å². The Labute approximate surface area is 122 Å². The lowest BCUT2D eigenvalue weighted by atomic mass is 9.70. The molecular formula is C16H28N2S. The molecule has 0 saturated heterocycles. The van der Waals surface area contributed by atoms with E-state index in [0.717, 1.165) is 12.3 Å². The molecule has 0 aromatic carbocycles. The number of rotatable bonds is 4. The third kappa shape index (κ3) is 3.79. The number of thiazole rings is 1. The van der Waals surface area contributed by atoms with Gasteiger partial charge in [0, 0.05) is 17.1 Å². The van der Waals surface area contributed by atoms with Gasteiger partial charge >= 0.3 is 0 Å². The fourth-order valence-corrected chi connectivity index (χ4v) is 4.14. The average Bonchev–Trinajstić information content (AvgIpc) is 2.81. The highest BCUT2D eigenvalue weighted by Crippen LogP contribution is 2.39. The second-order valence-electron chi connectivity index (χ2n) is 6.90. The van der Waals surface area contributed by atoms with Crippen LogP contribution < -0.4 is 5.32 Å². The molecule has 108 valence electrons. The second kappa shape index (κ2) is 5.92. The van der Waals surface area contributed by atoms with Crippen molar-refractivity contribution in [3.63, 3.8) is 0 Å². The number of hydrogen-bond acceptors (Lipinski definition) is 3. The molecular weight excluding hydrogens is 252 g/mol. The zero-order valence-electron chi connectivity index (χ0n) is 13.0. The molecule has 0 spiro atoms. The monoisotopic (exact) mass is 280 g/mol. The van der Waals surface area contributed by atoms with E-state index in [4.69, 9.17) is 0 Å². The van der Waals surface area contributed by atoms with Crippen LogP contribution in [0, 0.1) is 11.3 Å². The average molecular weight is 280 g/mol. The van der Waals surface area contributed by atoms with Gasteiger partial charge in [-0.1, -0.05) is 27.7 Å². The fraction of sp³-hybridized carbons (Fsp3) is 0.812. The lowest BCUT2D eigenvalue weighted by Crippen LogP contribution is -2.42. The van der Waals surface area contributed by atoms with Gasteiger partial charge in [0.05, 0.1) is 6.04 Å². The van der Waals surface area contributed by atoms with Crippen molar-refractivity contribution in [2.75, 3.05) is 0 Å². The summed E-state index contributed by atoms with van der Waals surface area (Å²) in [4.78, 5) is 5.95. The first-order valence-corrected chi connectivity index (χ1v) is 8.43. The molecule has 1 aliphatic rings. The standard InChI is InChI=1S/C16H28N2S/c1-6-13-10-17-15(19-13)12(3)18-14-7-8-16(4,5)9-11(14)2/h10-12,14,18H,6-9H2,1-5H3. The van der Waals surface area contributed by atoms with E-state index in [2.05, 4.69) is 44.9 Å². The molecule has 0 bridgehead atoms.